The van der Waals surface area contributed by atoms with Crippen LogP contribution in [0.3, 0.4) is 0 Å². The van der Waals surface area contributed by atoms with Crippen molar-refractivity contribution in [3.05, 3.63) is 42.2 Å². The Bertz CT molecular complexity index is 494. The van der Waals surface area contributed by atoms with E-state index in [4.69, 9.17) is 12.2 Å². The topological polar surface area (TPSA) is 63.8 Å². The van der Waals surface area contributed by atoms with Crippen LogP contribution in [0.1, 0.15) is 5.56 Å². The molecule has 0 amide bonds. The van der Waals surface area contributed by atoms with Crippen molar-refractivity contribution in [3.63, 3.8) is 0 Å². The summed E-state index contributed by atoms with van der Waals surface area (Å²) in [6.45, 7) is 0. The maximum atomic E-state index is 11.2. The van der Waals surface area contributed by atoms with Gasteiger partial charge in [0.25, 0.3) is 0 Å². The molecule has 1 atom stereocenters. The van der Waals surface area contributed by atoms with Gasteiger partial charge in [0.05, 0.1) is 0 Å². The van der Waals surface area contributed by atoms with Crippen molar-refractivity contribution in [1.82, 2.24) is 9.97 Å². The molecule has 0 radical (unpaired) electrons. The third-order valence-corrected chi connectivity index (χ3v) is 3.45. The highest BCUT2D eigenvalue weighted by Gasteiger charge is 2.06. The number of nitrogens with zero attached hydrogens (tertiary/aromatic N) is 1. The summed E-state index contributed by atoms with van der Waals surface area (Å²) in [5.41, 5.74) is 0.866. The first-order valence-corrected chi connectivity index (χ1v) is 6.87. The minimum atomic E-state index is -0.964. The van der Waals surface area contributed by atoms with E-state index in [0.717, 1.165) is 10.5 Å². The Morgan fingerprint density at radius 2 is 2.12 bits per heavy atom. The average molecular weight is 265 g/mol. The lowest BCUT2D eigenvalue weighted by molar-refractivity contribution is 0.601. The summed E-state index contributed by atoms with van der Waals surface area (Å²) in [7, 11) is 0. The fourth-order valence-corrected chi connectivity index (χ4v) is 2.06. The summed E-state index contributed by atoms with van der Waals surface area (Å²) in [6, 6.07) is 7.30. The van der Waals surface area contributed by atoms with Gasteiger partial charge in [-0.05, 0) is 35.4 Å². The zero-order valence-electron chi connectivity index (χ0n) is 9.14. The van der Waals surface area contributed by atoms with Crippen molar-refractivity contribution >= 4 is 34.3 Å². The van der Waals surface area contributed by atoms with Crippen LogP contribution in [0.4, 0.5) is 5.95 Å². The Kier molecular flexibility index (Phi) is 3.78. The first-order valence-electron chi connectivity index (χ1n) is 4.91. The van der Waals surface area contributed by atoms with Gasteiger partial charge in [-0.15, -0.1) is 0 Å². The van der Waals surface area contributed by atoms with Gasteiger partial charge < -0.3 is 14.9 Å². The molecule has 2 N–H and O–H groups in total. The lowest BCUT2D eigenvalue weighted by atomic mass is 10.2. The number of imidazole rings is 1. The number of benzene rings is 1. The van der Waals surface area contributed by atoms with Gasteiger partial charge >= 0.3 is 0 Å². The predicted molar refractivity (Wildman–Crippen MR) is 72.7 cm³/mol. The summed E-state index contributed by atoms with van der Waals surface area (Å²) in [4.78, 5) is 8.30. The van der Waals surface area contributed by atoms with Gasteiger partial charge in [-0.25, -0.2) is 4.98 Å². The molecular weight excluding hydrogens is 254 g/mol. The summed E-state index contributed by atoms with van der Waals surface area (Å²) in [5.74, 6) is 0.609. The lowest BCUT2D eigenvalue weighted by Crippen LogP contribution is -2.11. The highest BCUT2D eigenvalue weighted by molar-refractivity contribution is 7.90. The molecule has 0 aliphatic carbocycles. The first kappa shape index (κ1) is 12.1. The fraction of sp³-hybridized carbons (Fsp3) is 0.0909. The standard InChI is InChI=1S/C11H11N3OS2/c1-17(15)9-4-2-8(3-5-9)10(16)14-11-12-6-7-13-11/h2-7H,1H3,(H2,12,13,14,16). The number of nitrogens with one attached hydrogen (secondary N) is 2. The Labute approximate surface area is 108 Å². The maximum Gasteiger partial charge on any atom is 0.205 e. The van der Waals surface area contributed by atoms with Crippen molar-refractivity contribution in [3.8, 4) is 0 Å². The Hall–Kier alpha value is -1.37. The molecule has 17 heavy (non-hydrogen) atoms. The molecule has 0 bridgehead atoms. The van der Waals surface area contributed by atoms with E-state index in [-0.39, 0.29) is 0 Å². The summed E-state index contributed by atoms with van der Waals surface area (Å²) in [6.07, 6.45) is 5.01. The molecule has 1 heterocycles. The molecule has 88 valence electrons. The second kappa shape index (κ2) is 5.31. The fourth-order valence-electron chi connectivity index (χ4n) is 1.31. The summed E-state index contributed by atoms with van der Waals surface area (Å²) < 4.78 is 11.2. The summed E-state index contributed by atoms with van der Waals surface area (Å²) >= 11 is 4.27. The van der Waals surface area contributed by atoms with Crippen LogP contribution in [0.15, 0.2) is 41.6 Å². The van der Waals surface area contributed by atoms with Crippen LogP contribution in [0.2, 0.25) is 0 Å². The Balaban J connectivity index is 2.09. The van der Waals surface area contributed by atoms with Crippen LogP contribution in [0.25, 0.3) is 0 Å². The predicted octanol–water partition coefficient (Wildman–Crippen LogP) is 1.93. The van der Waals surface area contributed by atoms with Gasteiger partial charge in [-0.3, -0.25) is 0 Å². The van der Waals surface area contributed by atoms with Gasteiger partial charge in [0, 0.05) is 18.0 Å². The molecule has 0 aliphatic rings. The Morgan fingerprint density at radius 1 is 1.41 bits per heavy atom. The second-order valence-corrected chi connectivity index (χ2v) is 5.16. The van der Waals surface area contributed by atoms with Crippen LogP contribution in [0, 0.1) is 0 Å². The normalized spacial score (nSPS) is 12.1. The average Bonchev–Trinajstić information content (AvgIpc) is 2.82. The number of hydrogen-bond acceptors (Lipinski definition) is 3. The molecule has 0 fully saturated rings. The first-order chi connectivity index (χ1) is 8.16. The number of rotatable bonds is 3. The van der Waals surface area contributed by atoms with E-state index in [2.05, 4.69) is 15.3 Å². The number of hydrogen-bond donors (Lipinski definition) is 2. The van der Waals surface area contributed by atoms with E-state index in [1.807, 2.05) is 24.3 Å². The third-order valence-electron chi connectivity index (χ3n) is 2.18. The van der Waals surface area contributed by atoms with Crippen LogP contribution in [-0.4, -0.2) is 25.8 Å². The monoisotopic (exact) mass is 265 g/mol. The van der Waals surface area contributed by atoms with Crippen LogP contribution in [-0.2, 0) is 11.2 Å². The van der Waals surface area contributed by atoms with Crippen LogP contribution < -0.4 is 5.32 Å². The van der Waals surface area contributed by atoms with Crippen LogP contribution >= 0.6 is 12.2 Å². The molecule has 0 saturated heterocycles. The zero-order valence-corrected chi connectivity index (χ0v) is 10.8. The molecule has 0 saturated carbocycles. The van der Waals surface area contributed by atoms with Crippen LogP contribution in [0.5, 0.6) is 0 Å². The molecule has 1 unspecified atom stereocenters. The van der Waals surface area contributed by atoms with E-state index in [0.29, 0.717) is 10.9 Å². The van der Waals surface area contributed by atoms with Gasteiger partial charge in [0.1, 0.15) is 11.2 Å². The Morgan fingerprint density at radius 3 is 2.65 bits per heavy atom. The van der Waals surface area contributed by atoms with E-state index < -0.39 is 11.2 Å². The lowest BCUT2D eigenvalue weighted by Gasteiger charge is -2.07. The molecule has 4 nitrogen and oxygen atoms in total. The smallest absolute Gasteiger partial charge is 0.205 e. The number of thiocarbonyl (C=S) groups is 1. The van der Waals surface area contributed by atoms with E-state index in [1.165, 1.54) is 0 Å². The third kappa shape index (κ3) is 3.06. The molecule has 0 aliphatic heterocycles. The van der Waals surface area contributed by atoms with Gasteiger partial charge in [0.2, 0.25) is 5.95 Å². The van der Waals surface area contributed by atoms with E-state index >= 15 is 0 Å². The number of aromatic nitrogens is 2. The molecule has 0 spiro atoms. The van der Waals surface area contributed by atoms with Crippen molar-refractivity contribution in [1.29, 1.82) is 0 Å². The number of anilines is 1. The molecule has 2 aromatic rings. The van der Waals surface area contributed by atoms with E-state index in [9.17, 15) is 4.55 Å². The van der Waals surface area contributed by atoms with E-state index in [1.54, 1.807) is 18.6 Å². The largest absolute Gasteiger partial charge is 0.612 e. The molecular formula is C11H11N3OS2. The minimum Gasteiger partial charge on any atom is -0.612 e. The number of aromatic amines is 1. The number of H-pyrrole nitrogens is 1. The quantitative estimate of drug-likeness (QED) is 0.657. The SMILES string of the molecule is C[S+]([O-])c1ccc(C(=S)Nc2ncc[nH]2)cc1. The zero-order chi connectivity index (χ0) is 12.3. The van der Waals surface area contributed by atoms with Crippen molar-refractivity contribution in [2.24, 2.45) is 0 Å². The summed E-state index contributed by atoms with van der Waals surface area (Å²) in [5, 5.41) is 2.98. The van der Waals surface area contributed by atoms with Crippen molar-refractivity contribution < 1.29 is 4.55 Å². The highest BCUT2D eigenvalue weighted by atomic mass is 32.2. The maximum absolute atomic E-state index is 11.2. The van der Waals surface area contributed by atoms with Crippen molar-refractivity contribution in [2.75, 3.05) is 11.6 Å². The van der Waals surface area contributed by atoms with Gasteiger partial charge in [0.15, 0.2) is 4.90 Å². The van der Waals surface area contributed by atoms with Crippen molar-refractivity contribution in [2.45, 2.75) is 4.90 Å². The second-order valence-electron chi connectivity index (χ2n) is 3.37. The molecule has 1 aromatic carbocycles. The van der Waals surface area contributed by atoms with Gasteiger partial charge in [-0.2, -0.15) is 0 Å². The molecule has 1 aromatic heterocycles. The molecule has 6 heteroatoms. The van der Waals surface area contributed by atoms with Gasteiger partial charge in [-0.1, -0.05) is 12.2 Å². The highest BCUT2D eigenvalue weighted by Crippen LogP contribution is 2.11. The molecule has 2 rings (SSSR count). The minimum absolute atomic E-state index is 0.577.